The number of esters is 1. The van der Waals surface area contributed by atoms with E-state index in [1.807, 2.05) is 0 Å². The molecule has 0 aromatic heterocycles. The summed E-state index contributed by atoms with van der Waals surface area (Å²) in [5.74, 6) is -0.747. The normalized spacial score (nSPS) is 12.0. The van der Waals surface area contributed by atoms with Gasteiger partial charge in [0.05, 0.1) is 19.2 Å². The number of carbonyl (C=O) groups is 1. The smallest absolute Gasteiger partial charge is 0.307 e. The standard InChI is InChI=1S/C11H13ClFNO2/c1-7(5-11(15)16-2)14-10-6-8(12)3-4-9(10)13/h3-4,6-7,14H,5H2,1-2H3. The Morgan fingerprint density at radius 3 is 2.94 bits per heavy atom. The van der Waals surface area contributed by atoms with Crippen molar-refractivity contribution in [1.82, 2.24) is 0 Å². The Morgan fingerprint density at radius 2 is 2.31 bits per heavy atom. The Morgan fingerprint density at radius 1 is 1.62 bits per heavy atom. The maximum Gasteiger partial charge on any atom is 0.307 e. The highest BCUT2D eigenvalue weighted by atomic mass is 35.5. The molecular weight excluding hydrogens is 233 g/mol. The summed E-state index contributed by atoms with van der Waals surface area (Å²) in [6.45, 7) is 1.76. The first-order chi connectivity index (χ1) is 7.52. The van der Waals surface area contributed by atoms with Gasteiger partial charge in [0.1, 0.15) is 5.82 Å². The van der Waals surface area contributed by atoms with Crippen LogP contribution in [0.2, 0.25) is 5.02 Å². The first-order valence-corrected chi connectivity index (χ1v) is 5.19. The molecule has 1 aromatic rings. The van der Waals surface area contributed by atoms with Gasteiger partial charge in [0.25, 0.3) is 0 Å². The van der Waals surface area contributed by atoms with Crippen LogP contribution in [0.1, 0.15) is 13.3 Å². The summed E-state index contributed by atoms with van der Waals surface area (Å²) in [5.41, 5.74) is 0.281. The molecule has 16 heavy (non-hydrogen) atoms. The molecule has 0 aliphatic rings. The van der Waals surface area contributed by atoms with Gasteiger partial charge < -0.3 is 10.1 Å². The minimum absolute atomic E-state index is 0.169. The van der Waals surface area contributed by atoms with Gasteiger partial charge in [-0.2, -0.15) is 0 Å². The van der Waals surface area contributed by atoms with Crippen LogP contribution in [-0.2, 0) is 9.53 Å². The first-order valence-electron chi connectivity index (χ1n) is 4.81. The van der Waals surface area contributed by atoms with E-state index < -0.39 is 5.82 Å². The Labute approximate surface area is 98.5 Å². The average molecular weight is 246 g/mol. The number of ether oxygens (including phenoxy) is 1. The predicted molar refractivity (Wildman–Crippen MR) is 61.1 cm³/mol. The number of methoxy groups -OCH3 is 1. The molecule has 0 amide bonds. The van der Waals surface area contributed by atoms with E-state index in [0.29, 0.717) is 5.02 Å². The zero-order valence-electron chi connectivity index (χ0n) is 9.09. The van der Waals surface area contributed by atoms with Crippen molar-refractivity contribution < 1.29 is 13.9 Å². The summed E-state index contributed by atoms with van der Waals surface area (Å²) in [7, 11) is 1.31. The number of halogens is 2. The fourth-order valence-corrected chi connectivity index (χ4v) is 1.43. The molecule has 0 spiro atoms. The van der Waals surface area contributed by atoms with Gasteiger partial charge in [0.15, 0.2) is 0 Å². The van der Waals surface area contributed by atoms with Gasteiger partial charge in [-0.1, -0.05) is 11.6 Å². The van der Waals surface area contributed by atoms with Crippen molar-refractivity contribution in [1.29, 1.82) is 0 Å². The number of anilines is 1. The maximum absolute atomic E-state index is 13.3. The fourth-order valence-electron chi connectivity index (χ4n) is 1.26. The number of carbonyl (C=O) groups excluding carboxylic acids is 1. The Balaban J connectivity index is 2.65. The Kier molecular flexibility index (Phi) is 4.55. The topological polar surface area (TPSA) is 38.3 Å². The molecule has 0 aliphatic carbocycles. The third-order valence-electron chi connectivity index (χ3n) is 2.03. The van der Waals surface area contributed by atoms with Crippen molar-refractivity contribution in [3.05, 3.63) is 29.0 Å². The van der Waals surface area contributed by atoms with Gasteiger partial charge in [0.2, 0.25) is 0 Å². The second kappa shape index (κ2) is 5.70. The molecule has 1 atom stereocenters. The molecule has 1 N–H and O–H groups in total. The molecule has 1 aromatic carbocycles. The van der Waals surface area contributed by atoms with E-state index in [-0.39, 0.29) is 24.1 Å². The molecule has 0 saturated heterocycles. The molecule has 88 valence electrons. The average Bonchev–Trinajstić information content (AvgIpc) is 2.23. The lowest BCUT2D eigenvalue weighted by Crippen LogP contribution is -2.20. The molecule has 0 saturated carbocycles. The van der Waals surface area contributed by atoms with E-state index in [2.05, 4.69) is 10.1 Å². The van der Waals surface area contributed by atoms with Crippen LogP contribution in [0, 0.1) is 5.82 Å². The van der Waals surface area contributed by atoms with Gasteiger partial charge >= 0.3 is 5.97 Å². The van der Waals surface area contributed by atoms with Gasteiger partial charge in [0, 0.05) is 11.1 Å². The van der Waals surface area contributed by atoms with Gasteiger partial charge in [-0.05, 0) is 25.1 Å². The summed E-state index contributed by atoms with van der Waals surface area (Å²) in [4.78, 5) is 11.0. The van der Waals surface area contributed by atoms with Crippen LogP contribution in [0.25, 0.3) is 0 Å². The summed E-state index contributed by atoms with van der Waals surface area (Å²) >= 11 is 5.73. The molecule has 5 heteroatoms. The van der Waals surface area contributed by atoms with Crippen LogP contribution in [0.15, 0.2) is 18.2 Å². The number of hydrogen-bond acceptors (Lipinski definition) is 3. The molecule has 0 fully saturated rings. The number of hydrogen-bond donors (Lipinski definition) is 1. The van der Waals surface area contributed by atoms with Crippen molar-refractivity contribution in [3.8, 4) is 0 Å². The van der Waals surface area contributed by atoms with E-state index >= 15 is 0 Å². The monoisotopic (exact) mass is 245 g/mol. The minimum Gasteiger partial charge on any atom is -0.469 e. The quantitative estimate of drug-likeness (QED) is 0.829. The van der Waals surface area contributed by atoms with E-state index in [4.69, 9.17) is 11.6 Å². The van der Waals surface area contributed by atoms with Crippen molar-refractivity contribution in [2.45, 2.75) is 19.4 Å². The van der Waals surface area contributed by atoms with Crippen LogP contribution >= 0.6 is 11.6 Å². The van der Waals surface area contributed by atoms with Crippen LogP contribution in [0.5, 0.6) is 0 Å². The van der Waals surface area contributed by atoms with Crippen molar-refractivity contribution in [3.63, 3.8) is 0 Å². The molecule has 0 radical (unpaired) electrons. The maximum atomic E-state index is 13.3. The zero-order valence-corrected chi connectivity index (χ0v) is 9.84. The van der Waals surface area contributed by atoms with Gasteiger partial charge in [-0.25, -0.2) is 4.39 Å². The lowest BCUT2D eigenvalue weighted by molar-refractivity contribution is -0.140. The second-order valence-corrected chi connectivity index (χ2v) is 3.89. The summed E-state index contributed by atoms with van der Waals surface area (Å²) in [6, 6.07) is 3.99. The summed E-state index contributed by atoms with van der Waals surface area (Å²) < 4.78 is 17.8. The van der Waals surface area contributed by atoms with Crippen molar-refractivity contribution >= 4 is 23.3 Å². The highest BCUT2D eigenvalue weighted by Crippen LogP contribution is 2.20. The molecule has 1 unspecified atom stereocenters. The molecule has 3 nitrogen and oxygen atoms in total. The second-order valence-electron chi connectivity index (χ2n) is 3.45. The predicted octanol–water partition coefficient (Wildman–Crippen LogP) is 2.84. The number of benzene rings is 1. The summed E-state index contributed by atoms with van der Waals surface area (Å²) in [6.07, 6.45) is 0.169. The lowest BCUT2D eigenvalue weighted by atomic mass is 10.2. The highest BCUT2D eigenvalue weighted by Gasteiger charge is 2.11. The van der Waals surface area contributed by atoms with E-state index in [1.54, 1.807) is 6.92 Å². The summed E-state index contributed by atoms with van der Waals surface area (Å²) in [5, 5.41) is 3.29. The van der Waals surface area contributed by atoms with Crippen LogP contribution in [0.3, 0.4) is 0 Å². The van der Waals surface area contributed by atoms with E-state index in [9.17, 15) is 9.18 Å². The first kappa shape index (κ1) is 12.8. The largest absolute Gasteiger partial charge is 0.469 e. The zero-order chi connectivity index (χ0) is 12.1. The molecule has 0 bridgehead atoms. The SMILES string of the molecule is COC(=O)CC(C)Nc1cc(Cl)ccc1F. The van der Waals surface area contributed by atoms with Crippen LogP contribution in [0.4, 0.5) is 10.1 Å². The Bertz CT molecular complexity index is 384. The number of rotatable bonds is 4. The molecule has 1 rings (SSSR count). The van der Waals surface area contributed by atoms with Gasteiger partial charge in [-0.15, -0.1) is 0 Å². The van der Waals surface area contributed by atoms with Gasteiger partial charge in [-0.3, -0.25) is 4.79 Å². The van der Waals surface area contributed by atoms with Crippen LogP contribution in [-0.4, -0.2) is 19.1 Å². The van der Waals surface area contributed by atoms with E-state index in [0.717, 1.165) is 0 Å². The van der Waals surface area contributed by atoms with E-state index in [1.165, 1.54) is 25.3 Å². The third-order valence-corrected chi connectivity index (χ3v) is 2.27. The molecular formula is C11H13ClFNO2. The fraction of sp³-hybridized carbons (Fsp3) is 0.364. The lowest BCUT2D eigenvalue weighted by Gasteiger charge is -2.14. The molecule has 0 aliphatic heterocycles. The third kappa shape index (κ3) is 3.70. The van der Waals surface area contributed by atoms with Crippen molar-refractivity contribution in [2.75, 3.05) is 12.4 Å². The number of nitrogens with one attached hydrogen (secondary N) is 1. The highest BCUT2D eigenvalue weighted by molar-refractivity contribution is 6.30. The Hall–Kier alpha value is -1.29. The minimum atomic E-state index is -0.402. The molecule has 0 heterocycles. The van der Waals surface area contributed by atoms with Crippen molar-refractivity contribution in [2.24, 2.45) is 0 Å². The van der Waals surface area contributed by atoms with Crippen LogP contribution < -0.4 is 5.32 Å².